The van der Waals surface area contributed by atoms with Crippen LogP contribution in [-0.4, -0.2) is 20.9 Å². The molecule has 0 aliphatic carbocycles. The molecule has 0 aromatic carbocycles. The van der Waals surface area contributed by atoms with Gasteiger partial charge in [-0.15, -0.1) is 0 Å². The van der Waals surface area contributed by atoms with Crippen LogP contribution in [0.4, 0.5) is 5.69 Å². The highest BCUT2D eigenvalue weighted by Gasteiger charge is 2.14. The number of aryl methyl sites for hydroxylation is 3. The Morgan fingerprint density at radius 1 is 1.15 bits per heavy atom. The van der Waals surface area contributed by atoms with Crippen molar-refractivity contribution in [3.05, 3.63) is 35.5 Å². The summed E-state index contributed by atoms with van der Waals surface area (Å²) in [6.45, 7) is 5.20. The molecule has 0 unspecified atom stereocenters. The van der Waals surface area contributed by atoms with Crippen molar-refractivity contribution in [1.29, 1.82) is 0 Å². The molecule has 102 valence electrons. The van der Waals surface area contributed by atoms with E-state index in [-0.39, 0.29) is 11.6 Å². The Morgan fingerprint density at radius 2 is 1.95 bits per heavy atom. The minimum Gasteiger partial charge on any atom is -0.448 e. The van der Waals surface area contributed by atoms with Crippen LogP contribution >= 0.6 is 0 Å². The van der Waals surface area contributed by atoms with Crippen LogP contribution in [0.3, 0.4) is 0 Å². The Morgan fingerprint density at radius 3 is 2.65 bits per heavy atom. The number of hydrogen-bond donors (Lipinski definition) is 1. The zero-order valence-electron chi connectivity index (χ0n) is 11.2. The summed E-state index contributed by atoms with van der Waals surface area (Å²) in [5, 5.41) is 2.73. The van der Waals surface area contributed by atoms with Crippen LogP contribution in [0.2, 0.25) is 0 Å². The number of carbonyl (C=O) groups excluding carboxylic acids is 1. The van der Waals surface area contributed by atoms with Crippen molar-refractivity contribution in [3.8, 4) is 0 Å². The minimum atomic E-state index is -0.359. The summed E-state index contributed by atoms with van der Waals surface area (Å²) in [5.41, 5.74) is 2.48. The van der Waals surface area contributed by atoms with Crippen molar-refractivity contribution < 1.29 is 13.6 Å². The molecule has 0 bridgehead atoms. The Hall–Kier alpha value is -2.70. The van der Waals surface area contributed by atoms with E-state index < -0.39 is 0 Å². The van der Waals surface area contributed by atoms with Gasteiger partial charge in [0, 0.05) is 19.9 Å². The molecule has 0 saturated carbocycles. The van der Waals surface area contributed by atoms with Crippen LogP contribution in [0.1, 0.15) is 28.0 Å². The van der Waals surface area contributed by atoms with Gasteiger partial charge < -0.3 is 14.2 Å². The van der Waals surface area contributed by atoms with Gasteiger partial charge in [-0.05, 0) is 6.92 Å². The van der Waals surface area contributed by atoms with Gasteiger partial charge in [0.2, 0.25) is 0 Å². The lowest BCUT2D eigenvalue weighted by molar-refractivity contribution is 0.102. The third kappa shape index (κ3) is 2.13. The molecule has 3 aromatic heterocycles. The van der Waals surface area contributed by atoms with E-state index in [1.54, 1.807) is 26.8 Å². The van der Waals surface area contributed by atoms with Crippen LogP contribution in [0, 0.1) is 20.8 Å². The lowest BCUT2D eigenvalue weighted by atomic mass is 10.3. The third-order valence-electron chi connectivity index (χ3n) is 2.78. The molecule has 0 radical (unpaired) electrons. The molecule has 7 heteroatoms. The van der Waals surface area contributed by atoms with Crippen LogP contribution in [-0.2, 0) is 0 Å². The minimum absolute atomic E-state index is 0.218. The van der Waals surface area contributed by atoms with Crippen molar-refractivity contribution in [3.63, 3.8) is 0 Å². The molecule has 3 aromatic rings. The van der Waals surface area contributed by atoms with E-state index in [2.05, 4.69) is 20.3 Å². The van der Waals surface area contributed by atoms with Gasteiger partial charge in [-0.3, -0.25) is 4.79 Å². The number of aromatic nitrogens is 3. The Bertz CT molecular complexity index is 803. The molecule has 7 nitrogen and oxygen atoms in total. The number of rotatable bonds is 2. The van der Waals surface area contributed by atoms with E-state index >= 15 is 0 Å². The van der Waals surface area contributed by atoms with E-state index in [0.717, 1.165) is 0 Å². The number of hydrogen-bond acceptors (Lipinski definition) is 6. The van der Waals surface area contributed by atoms with E-state index in [0.29, 0.717) is 34.4 Å². The molecule has 3 heterocycles. The molecule has 0 spiro atoms. The van der Waals surface area contributed by atoms with Gasteiger partial charge in [-0.1, -0.05) is 0 Å². The summed E-state index contributed by atoms with van der Waals surface area (Å²) in [6.07, 6.45) is 1.31. The predicted octanol–water partition coefficient (Wildman–Crippen LogP) is 2.39. The SMILES string of the molecule is Cc1nc(C(=O)Nc2cc3oc(C)nc3nc2C)co1. The maximum absolute atomic E-state index is 12.0. The first-order valence-corrected chi connectivity index (χ1v) is 6.01. The van der Waals surface area contributed by atoms with E-state index in [1.165, 1.54) is 6.26 Å². The number of oxazole rings is 2. The maximum Gasteiger partial charge on any atom is 0.277 e. The molecule has 1 amide bonds. The fourth-order valence-corrected chi connectivity index (χ4v) is 1.84. The zero-order chi connectivity index (χ0) is 14.3. The second kappa shape index (κ2) is 4.44. The molecule has 20 heavy (non-hydrogen) atoms. The van der Waals surface area contributed by atoms with Gasteiger partial charge in [-0.25, -0.2) is 9.97 Å². The molecule has 0 aliphatic heterocycles. The average Bonchev–Trinajstić information content (AvgIpc) is 2.95. The second-order valence-electron chi connectivity index (χ2n) is 4.38. The summed E-state index contributed by atoms with van der Waals surface area (Å²) in [6, 6.07) is 1.70. The average molecular weight is 272 g/mol. The van der Waals surface area contributed by atoms with Gasteiger partial charge in [0.1, 0.15) is 6.26 Å². The number of fused-ring (bicyclic) bond motifs is 1. The molecule has 0 saturated heterocycles. The molecular weight excluding hydrogens is 260 g/mol. The fourth-order valence-electron chi connectivity index (χ4n) is 1.84. The monoisotopic (exact) mass is 272 g/mol. The fraction of sp³-hybridized carbons (Fsp3) is 0.231. The largest absolute Gasteiger partial charge is 0.448 e. The summed E-state index contributed by atoms with van der Waals surface area (Å²) < 4.78 is 10.4. The van der Waals surface area contributed by atoms with Crippen LogP contribution < -0.4 is 5.32 Å². The zero-order valence-corrected chi connectivity index (χ0v) is 11.2. The number of nitrogens with one attached hydrogen (secondary N) is 1. The number of anilines is 1. The molecule has 0 atom stereocenters. The first-order chi connectivity index (χ1) is 9.52. The van der Waals surface area contributed by atoms with Crippen LogP contribution in [0.15, 0.2) is 21.2 Å². The first kappa shape index (κ1) is 12.3. The number of carbonyl (C=O) groups is 1. The Balaban J connectivity index is 1.93. The van der Waals surface area contributed by atoms with Crippen LogP contribution in [0.5, 0.6) is 0 Å². The summed E-state index contributed by atoms with van der Waals surface area (Å²) >= 11 is 0. The van der Waals surface area contributed by atoms with E-state index in [4.69, 9.17) is 8.83 Å². The normalized spacial score (nSPS) is 10.9. The summed E-state index contributed by atoms with van der Waals surface area (Å²) in [4.78, 5) is 24.4. The van der Waals surface area contributed by atoms with Gasteiger partial charge >= 0.3 is 0 Å². The highest BCUT2D eigenvalue weighted by atomic mass is 16.3. The third-order valence-corrected chi connectivity index (χ3v) is 2.78. The van der Waals surface area contributed by atoms with Gasteiger partial charge in [0.25, 0.3) is 5.91 Å². The van der Waals surface area contributed by atoms with Crippen molar-refractivity contribution in [2.75, 3.05) is 5.32 Å². The standard InChI is InChI=1S/C13H12N4O3/c1-6-9(4-11-12(14-6)16-8(3)20-11)17-13(18)10-5-19-7(2)15-10/h4-5H,1-3H3,(H,17,18). The summed E-state index contributed by atoms with van der Waals surface area (Å²) in [7, 11) is 0. The maximum atomic E-state index is 12.0. The Kier molecular flexibility index (Phi) is 2.74. The number of pyridine rings is 1. The number of amides is 1. The van der Waals surface area contributed by atoms with Crippen LogP contribution in [0.25, 0.3) is 11.2 Å². The Labute approximate surface area is 114 Å². The highest BCUT2D eigenvalue weighted by Crippen LogP contribution is 2.21. The lowest BCUT2D eigenvalue weighted by Gasteiger charge is -2.05. The topological polar surface area (TPSA) is 94.1 Å². The first-order valence-electron chi connectivity index (χ1n) is 6.01. The second-order valence-corrected chi connectivity index (χ2v) is 4.38. The van der Waals surface area contributed by atoms with Gasteiger partial charge in [-0.2, -0.15) is 4.98 Å². The lowest BCUT2D eigenvalue weighted by Crippen LogP contribution is -2.13. The molecule has 0 fully saturated rings. The van der Waals surface area contributed by atoms with E-state index in [1.807, 2.05) is 0 Å². The van der Waals surface area contributed by atoms with Gasteiger partial charge in [0.05, 0.1) is 11.4 Å². The summed E-state index contributed by atoms with van der Waals surface area (Å²) in [5.74, 6) is 0.608. The predicted molar refractivity (Wildman–Crippen MR) is 70.5 cm³/mol. The van der Waals surface area contributed by atoms with E-state index in [9.17, 15) is 4.79 Å². The van der Waals surface area contributed by atoms with Crippen molar-refractivity contribution >= 4 is 22.8 Å². The smallest absolute Gasteiger partial charge is 0.277 e. The van der Waals surface area contributed by atoms with Crippen molar-refractivity contribution in [2.24, 2.45) is 0 Å². The molecular formula is C13H12N4O3. The van der Waals surface area contributed by atoms with Crippen molar-refractivity contribution in [2.45, 2.75) is 20.8 Å². The molecule has 3 rings (SSSR count). The van der Waals surface area contributed by atoms with Gasteiger partial charge in [0.15, 0.2) is 28.7 Å². The quantitative estimate of drug-likeness (QED) is 0.769. The molecule has 1 N–H and O–H groups in total. The highest BCUT2D eigenvalue weighted by molar-refractivity contribution is 6.03. The molecule has 0 aliphatic rings. The van der Waals surface area contributed by atoms with Crippen molar-refractivity contribution in [1.82, 2.24) is 15.0 Å². The number of nitrogens with zero attached hydrogens (tertiary/aromatic N) is 3.